The topological polar surface area (TPSA) is 86.6 Å². The van der Waals surface area contributed by atoms with Gasteiger partial charge < -0.3 is 15.5 Å². The average molecular weight is 263 g/mol. The first-order valence-corrected chi connectivity index (χ1v) is 6.39. The molecule has 0 spiro atoms. The third-order valence-electron chi connectivity index (χ3n) is 3.54. The van der Waals surface area contributed by atoms with Crippen LogP contribution in [-0.2, 0) is 4.79 Å². The smallest absolute Gasteiger partial charge is 0.306 e. The highest BCUT2D eigenvalue weighted by Crippen LogP contribution is 2.24. The normalized spacial score (nSPS) is 22.7. The molecule has 0 bridgehead atoms. The van der Waals surface area contributed by atoms with Crippen molar-refractivity contribution in [2.75, 3.05) is 0 Å². The van der Waals surface area contributed by atoms with E-state index in [2.05, 4.69) is 5.32 Å². The second kappa shape index (κ2) is 5.73. The van der Waals surface area contributed by atoms with Crippen LogP contribution in [0.1, 0.15) is 36.0 Å². The van der Waals surface area contributed by atoms with Crippen LogP contribution in [0.25, 0.3) is 0 Å². The zero-order chi connectivity index (χ0) is 13.8. The number of hydrogen-bond acceptors (Lipinski definition) is 3. The second-order valence-corrected chi connectivity index (χ2v) is 4.91. The number of carboxylic acids is 1. The Morgan fingerprint density at radius 1 is 1.05 bits per heavy atom. The summed E-state index contributed by atoms with van der Waals surface area (Å²) in [6, 6.07) is 6.10. The number of aromatic hydroxyl groups is 1. The summed E-state index contributed by atoms with van der Waals surface area (Å²) >= 11 is 0. The van der Waals surface area contributed by atoms with Gasteiger partial charge in [0, 0.05) is 11.6 Å². The summed E-state index contributed by atoms with van der Waals surface area (Å²) in [5.41, 5.74) is 0.498. The standard InChI is InChI=1S/C14H17NO4/c16-12-7-3-9(4-8-12)13(17)15-11-5-1-10(2-6-11)14(18)19/h3-4,7-8,10-11,16H,1-2,5-6H2,(H,15,17)(H,18,19). The summed E-state index contributed by atoms with van der Waals surface area (Å²) < 4.78 is 0. The van der Waals surface area contributed by atoms with Crippen LogP contribution in [-0.4, -0.2) is 28.1 Å². The molecule has 5 nitrogen and oxygen atoms in total. The van der Waals surface area contributed by atoms with Crippen molar-refractivity contribution in [1.29, 1.82) is 0 Å². The number of rotatable bonds is 3. The molecular formula is C14H17NO4. The van der Waals surface area contributed by atoms with Crippen molar-refractivity contribution in [2.24, 2.45) is 5.92 Å². The Hall–Kier alpha value is -2.04. The van der Waals surface area contributed by atoms with Crippen LogP contribution in [0, 0.1) is 5.92 Å². The SMILES string of the molecule is O=C(NC1CCC(C(=O)O)CC1)c1ccc(O)cc1. The Labute approximate surface area is 111 Å². The van der Waals surface area contributed by atoms with E-state index in [0.717, 1.165) is 0 Å². The Balaban J connectivity index is 1.87. The van der Waals surface area contributed by atoms with E-state index in [1.165, 1.54) is 12.1 Å². The van der Waals surface area contributed by atoms with Crippen LogP contribution in [0.4, 0.5) is 0 Å². The van der Waals surface area contributed by atoms with Gasteiger partial charge in [0.05, 0.1) is 5.92 Å². The third-order valence-corrected chi connectivity index (χ3v) is 3.54. The highest BCUT2D eigenvalue weighted by molar-refractivity contribution is 5.94. The molecule has 5 heteroatoms. The lowest BCUT2D eigenvalue weighted by Gasteiger charge is -2.26. The molecule has 1 saturated carbocycles. The van der Waals surface area contributed by atoms with Gasteiger partial charge in [-0.05, 0) is 49.9 Å². The first-order valence-electron chi connectivity index (χ1n) is 6.39. The molecule has 0 atom stereocenters. The quantitative estimate of drug-likeness (QED) is 0.775. The van der Waals surface area contributed by atoms with E-state index >= 15 is 0 Å². The number of aliphatic carboxylic acids is 1. The molecule has 1 amide bonds. The van der Waals surface area contributed by atoms with Crippen molar-refractivity contribution in [3.8, 4) is 5.75 Å². The predicted molar refractivity (Wildman–Crippen MR) is 69.0 cm³/mol. The van der Waals surface area contributed by atoms with E-state index < -0.39 is 5.97 Å². The molecule has 0 aromatic heterocycles. The zero-order valence-electron chi connectivity index (χ0n) is 10.5. The second-order valence-electron chi connectivity index (χ2n) is 4.91. The van der Waals surface area contributed by atoms with E-state index in [1.807, 2.05) is 0 Å². The lowest BCUT2D eigenvalue weighted by Crippen LogP contribution is -2.38. The summed E-state index contributed by atoms with van der Waals surface area (Å²) in [7, 11) is 0. The van der Waals surface area contributed by atoms with Crippen LogP contribution < -0.4 is 5.32 Å². The number of hydrogen-bond donors (Lipinski definition) is 3. The number of carboxylic acid groups (broad SMARTS) is 1. The Morgan fingerprint density at radius 3 is 2.16 bits per heavy atom. The predicted octanol–water partition coefficient (Wildman–Crippen LogP) is 1.77. The van der Waals surface area contributed by atoms with Gasteiger partial charge in [0.1, 0.15) is 5.75 Å². The zero-order valence-corrected chi connectivity index (χ0v) is 10.5. The third kappa shape index (κ3) is 3.47. The Bertz CT molecular complexity index is 461. The molecule has 1 aliphatic carbocycles. The number of amides is 1. The molecule has 0 saturated heterocycles. The number of nitrogens with one attached hydrogen (secondary N) is 1. The summed E-state index contributed by atoms with van der Waals surface area (Å²) in [6.07, 6.45) is 2.60. The molecular weight excluding hydrogens is 246 g/mol. The molecule has 1 aromatic carbocycles. The minimum absolute atomic E-state index is 0.0388. The summed E-state index contributed by atoms with van der Waals surface area (Å²) in [6.45, 7) is 0. The molecule has 0 aliphatic heterocycles. The number of phenolic OH excluding ortho intramolecular Hbond substituents is 1. The molecule has 19 heavy (non-hydrogen) atoms. The van der Waals surface area contributed by atoms with Gasteiger partial charge in [0.25, 0.3) is 5.91 Å². The molecule has 0 heterocycles. The molecule has 102 valence electrons. The van der Waals surface area contributed by atoms with Gasteiger partial charge in [-0.15, -0.1) is 0 Å². The lowest BCUT2D eigenvalue weighted by atomic mass is 9.86. The maximum absolute atomic E-state index is 11.9. The molecule has 1 fully saturated rings. The van der Waals surface area contributed by atoms with E-state index in [9.17, 15) is 9.59 Å². The van der Waals surface area contributed by atoms with Gasteiger partial charge in [-0.2, -0.15) is 0 Å². The van der Waals surface area contributed by atoms with Crippen LogP contribution in [0.5, 0.6) is 5.75 Å². The average Bonchev–Trinajstić information content (AvgIpc) is 2.40. The first-order chi connectivity index (χ1) is 9.06. The lowest BCUT2D eigenvalue weighted by molar-refractivity contribution is -0.142. The maximum atomic E-state index is 11.9. The summed E-state index contributed by atoms with van der Waals surface area (Å²) in [5, 5.41) is 21.0. The molecule has 1 aromatic rings. The van der Waals surface area contributed by atoms with E-state index in [0.29, 0.717) is 31.2 Å². The molecule has 2 rings (SSSR count). The van der Waals surface area contributed by atoms with Gasteiger partial charge >= 0.3 is 5.97 Å². The fourth-order valence-electron chi connectivity index (χ4n) is 2.37. The molecule has 3 N–H and O–H groups in total. The van der Waals surface area contributed by atoms with Gasteiger partial charge in [0.15, 0.2) is 0 Å². The van der Waals surface area contributed by atoms with Crippen LogP contribution in [0.2, 0.25) is 0 Å². The van der Waals surface area contributed by atoms with Crippen LogP contribution in [0.15, 0.2) is 24.3 Å². The minimum atomic E-state index is -0.747. The van der Waals surface area contributed by atoms with Crippen LogP contribution in [0.3, 0.4) is 0 Å². The van der Waals surface area contributed by atoms with Gasteiger partial charge in [-0.1, -0.05) is 0 Å². The van der Waals surface area contributed by atoms with Crippen molar-refractivity contribution < 1.29 is 19.8 Å². The number of phenols is 1. The van der Waals surface area contributed by atoms with Crippen LogP contribution >= 0.6 is 0 Å². The number of benzene rings is 1. The first kappa shape index (κ1) is 13.4. The molecule has 0 unspecified atom stereocenters. The van der Waals surface area contributed by atoms with Crippen molar-refractivity contribution in [3.63, 3.8) is 0 Å². The number of carbonyl (C=O) groups is 2. The number of carbonyl (C=O) groups excluding carboxylic acids is 1. The van der Waals surface area contributed by atoms with E-state index in [-0.39, 0.29) is 23.6 Å². The van der Waals surface area contributed by atoms with Gasteiger partial charge in [-0.25, -0.2) is 0 Å². The Morgan fingerprint density at radius 2 is 1.63 bits per heavy atom. The minimum Gasteiger partial charge on any atom is -0.508 e. The molecule has 1 aliphatic rings. The van der Waals surface area contributed by atoms with Gasteiger partial charge in [-0.3, -0.25) is 9.59 Å². The van der Waals surface area contributed by atoms with Crippen molar-refractivity contribution in [2.45, 2.75) is 31.7 Å². The maximum Gasteiger partial charge on any atom is 0.306 e. The molecule has 0 radical (unpaired) electrons. The highest BCUT2D eigenvalue weighted by atomic mass is 16.4. The fourth-order valence-corrected chi connectivity index (χ4v) is 2.37. The Kier molecular flexibility index (Phi) is 4.04. The van der Waals surface area contributed by atoms with Crippen molar-refractivity contribution in [1.82, 2.24) is 5.32 Å². The summed E-state index contributed by atoms with van der Waals surface area (Å²) in [4.78, 5) is 22.8. The monoisotopic (exact) mass is 263 g/mol. The largest absolute Gasteiger partial charge is 0.508 e. The van der Waals surface area contributed by atoms with Gasteiger partial charge in [0.2, 0.25) is 0 Å². The highest BCUT2D eigenvalue weighted by Gasteiger charge is 2.26. The fraction of sp³-hybridized carbons (Fsp3) is 0.429. The van der Waals surface area contributed by atoms with E-state index in [4.69, 9.17) is 10.2 Å². The summed E-state index contributed by atoms with van der Waals surface area (Å²) in [5.74, 6) is -1.08. The van der Waals surface area contributed by atoms with E-state index in [1.54, 1.807) is 12.1 Å². The van der Waals surface area contributed by atoms with Crippen molar-refractivity contribution in [3.05, 3.63) is 29.8 Å². The van der Waals surface area contributed by atoms with Crippen molar-refractivity contribution >= 4 is 11.9 Å².